The number of rotatable bonds is 2. The van der Waals surface area contributed by atoms with Crippen LogP contribution in [0.25, 0.3) is 0 Å². The summed E-state index contributed by atoms with van der Waals surface area (Å²) in [7, 11) is -3.70. The van der Waals surface area contributed by atoms with E-state index in [4.69, 9.17) is 4.43 Å². The van der Waals surface area contributed by atoms with Crippen molar-refractivity contribution in [3.63, 3.8) is 0 Å². The molecule has 0 spiro atoms. The Morgan fingerprint density at radius 2 is 1.43 bits per heavy atom. The zero-order valence-electron chi connectivity index (χ0n) is 9.72. The van der Waals surface area contributed by atoms with Crippen LogP contribution in [0.3, 0.4) is 0 Å². The summed E-state index contributed by atoms with van der Waals surface area (Å²) < 4.78 is 5.06. The molecule has 82 valence electrons. The summed E-state index contributed by atoms with van der Waals surface area (Å²) in [6, 6.07) is 0. The van der Waals surface area contributed by atoms with Crippen molar-refractivity contribution in [1.82, 2.24) is 4.98 Å². The van der Waals surface area contributed by atoms with E-state index in [0.29, 0.717) is 0 Å². The fourth-order valence-electron chi connectivity index (χ4n) is 0.716. The van der Waals surface area contributed by atoms with Gasteiger partial charge in [-0.05, 0) is 19.6 Å². The molecule has 4 nitrogen and oxygen atoms in total. The average molecular weight is 233 g/mol. The van der Waals surface area contributed by atoms with Crippen LogP contribution in [0.4, 0.5) is 0 Å². The first-order valence-electron chi connectivity index (χ1n) is 4.57. The normalized spacial score (nSPS) is 12.1. The summed E-state index contributed by atoms with van der Waals surface area (Å²) in [4.78, 5) is 25.3. The fourth-order valence-corrected chi connectivity index (χ4v) is 2.15. The molecule has 6 heteroatoms. The van der Waals surface area contributed by atoms with Crippen molar-refractivity contribution in [1.29, 1.82) is 0 Å². The van der Waals surface area contributed by atoms with Crippen molar-refractivity contribution < 1.29 is 14.0 Å². The fraction of sp³-hybridized carbons (Fsp3) is 0.750. The monoisotopic (exact) mass is 233 g/mol. The molecule has 0 aliphatic heterocycles. The third kappa shape index (κ3) is 6.84. The number of carbonyl (C=O) groups excluding carboxylic acids is 2. The average Bonchev–Trinajstić information content (AvgIpc) is 1.78. The van der Waals surface area contributed by atoms with E-state index >= 15 is 0 Å². The zero-order valence-corrected chi connectivity index (χ0v) is 11.7. The van der Waals surface area contributed by atoms with Gasteiger partial charge < -0.3 is 9.41 Å². The quantitative estimate of drug-likeness (QED) is 0.578. The lowest BCUT2D eigenvalue weighted by atomic mass is 10.7. The lowest BCUT2D eigenvalue weighted by molar-refractivity contribution is -0.148. The first-order valence-corrected chi connectivity index (χ1v) is 11.5. The molecule has 0 atom stereocenters. The summed E-state index contributed by atoms with van der Waals surface area (Å²) in [5.41, 5.74) is 0. The Hall–Kier alpha value is -0.626. The topological polar surface area (TPSA) is 55.4 Å². The van der Waals surface area contributed by atoms with Gasteiger partial charge in [0.2, 0.25) is 8.32 Å². The second-order valence-corrected chi connectivity index (χ2v) is 14.4. The smallest absolute Gasteiger partial charge is 0.382 e. The molecule has 0 saturated heterocycles. The maximum absolute atomic E-state index is 11.3. The Kier molecular flexibility index (Phi) is 4.07. The summed E-state index contributed by atoms with van der Waals surface area (Å²) >= 11 is 0. The Bertz CT molecular complexity index is 214. The molecule has 0 saturated carbocycles. The van der Waals surface area contributed by atoms with Gasteiger partial charge in [-0.1, -0.05) is 19.6 Å². The second kappa shape index (κ2) is 4.26. The van der Waals surface area contributed by atoms with E-state index in [1.54, 1.807) is 0 Å². The highest BCUT2D eigenvalue weighted by atomic mass is 28.4. The van der Waals surface area contributed by atoms with E-state index in [-0.39, 0.29) is 0 Å². The molecule has 0 heterocycles. The van der Waals surface area contributed by atoms with E-state index in [2.05, 4.69) is 4.98 Å². The van der Waals surface area contributed by atoms with Crippen molar-refractivity contribution in [2.45, 2.75) is 39.3 Å². The molecule has 0 aliphatic rings. The molecule has 0 aromatic heterocycles. The Labute approximate surface area is 87.2 Å². The Balaban J connectivity index is 4.22. The maximum atomic E-state index is 11.3. The summed E-state index contributed by atoms with van der Waals surface area (Å²) in [5, 5.41) is 0. The van der Waals surface area contributed by atoms with Crippen LogP contribution in [0, 0.1) is 0 Å². The molecule has 0 rings (SSSR count). The number of hydrogen-bond acceptors (Lipinski definition) is 3. The number of nitrogens with one attached hydrogen (secondary N) is 1. The molecule has 0 bridgehead atoms. The van der Waals surface area contributed by atoms with Crippen molar-refractivity contribution in [3.8, 4) is 0 Å². The highest BCUT2D eigenvalue weighted by Gasteiger charge is 2.27. The van der Waals surface area contributed by atoms with Gasteiger partial charge in [0.05, 0.1) is 0 Å². The molecule has 1 amide bonds. The largest absolute Gasteiger partial charge is 0.513 e. The third-order valence-corrected chi connectivity index (χ3v) is 2.85. The SMILES string of the molecule is C[Si](C)(C)NC(=O)C(=O)O[Si](C)(C)C. The van der Waals surface area contributed by atoms with E-state index in [0.717, 1.165) is 0 Å². The van der Waals surface area contributed by atoms with Gasteiger partial charge in [0, 0.05) is 0 Å². The molecule has 0 unspecified atom stereocenters. The van der Waals surface area contributed by atoms with Gasteiger partial charge in [0.15, 0.2) is 0 Å². The molecular weight excluding hydrogens is 214 g/mol. The van der Waals surface area contributed by atoms with E-state index in [1.807, 2.05) is 39.3 Å². The van der Waals surface area contributed by atoms with Gasteiger partial charge in [0.1, 0.15) is 8.24 Å². The second-order valence-electron chi connectivity index (χ2n) is 5.21. The minimum atomic E-state index is -1.95. The standard InChI is InChI=1S/C8H19NO3Si2/c1-13(2,3)9-7(10)8(11)12-14(4,5)6/h1-6H3,(H,9,10). The van der Waals surface area contributed by atoms with E-state index in [1.165, 1.54) is 0 Å². The van der Waals surface area contributed by atoms with Gasteiger partial charge in [-0.15, -0.1) is 0 Å². The zero-order chi connectivity index (χ0) is 11.6. The van der Waals surface area contributed by atoms with Gasteiger partial charge >= 0.3 is 11.9 Å². The highest BCUT2D eigenvalue weighted by molar-refractivity contribution is 6.78. The summed E-state index contributed by atoms with van der Waals surface area (Å²) in [6.45, 7) is 11.5. The number of amides is 1. The van der Waals surface area contributed by atoms with Crippen molar-refractivity contribution in [2.75, 3.05) is 0 Å². The third-order valence-electron chi connectivity index (χ3n) is 1.07. The Morgan fingerprint density at radius 1 is 1.00 bits per heavy atom. The molecule has 0 radical (unpaired) electrons. The maximum Gasteiger partial charge on any atom is 0.382 e. The molecule has 0 fully saturated rings. The summed E-state index contributed by atoms with van der Waals surface area (Å²) in [6.07, 6.45) is 0. The molecular formula is C8H19NO3Si2. The van der Waals surface area contributed by atoms with Crippen LogP contribution < -0.4 is 4.98 Å². The first-order chi connectivity index (χ1) is 6.01. The number of carbonyl (C=O) groups is 2. The lowest BCUT2D eigenvalue weighted by Crippen LogP contribution is -2.50. The van der Waals surface area contributed by atoms with Crippen LogP contribution in [0.15, 0.2) is 0 Å². The molecule has 0 aromatic carbocycles. The minimum absolute atomic E-state index is 0.605. The lowest BCUT2D eigenvalue weighted by Gasteiger charge is -2.20. The van der Waals surface area contributed by atoms with Crippen LogP contribution in [0.1, 0.15) is 0 Å². The van der Waals surface area contributed by atoms with Crippen molar-refractivity contribution in [2.24, 2.45) is 0 Å². The highest BCUT2D eigenvalue weighted by Crippen LogP contribution is 2.03. The van der Waals surface area contributed by atoms with Crippen molar-refractivity contribution >= 4 is 28.4 Å². The van der Waals surface area contributed by atoms with Gasteiger partial charge in [-0.3, -0.25) is 4.79 Å². The van der Waals surface area contributed by atoms with Crippen LogP contribution in [0.5, 0.6) is 0 Å². The predicted molar refractivity (Wildman–Crippen MR) is 60.9 cm³/mol. The van der Waals surface area contributed by atoms with Gasteiger partial charge in [-0.2, -0.15) is 0 Å². The van der Waals surface area contributed by atoms with Crippen LogP contribution in [0.2, 0.25) is 39.3 Å². The first kappa shape index (κ1) is 13.4. The van der Waals surface area contributed by atoms with Gasteiger partial charge in [-0.25, -0.2) is 4.79 Å². The summed E-state index contributed by atoms with van der Waals surface area (Å²) in [5.74, 6) is -1.35. The van der Waals surface area contributed by atoms with Crippen molar-refractivity contribution in [3.05, 3.63) is 0 Å². The van der Waals surface area contributed by atoms with E-state index in [9.17, 15) is 9.59 Å². The van der Waals surface area contributed by atoms with Crippen LogP contribution in [-0.4, -0.2) is 28.4 Å². The molecule has 14 heavy (non-hydrogen) atoms. The number of hydrogen-bond donors (Lipinski definition) is 1. The predicted octanol–water partition coefficient (Wildman–Crippen LogP) is 1.32. The van der Waals surface area contributed by atoms with Crippen LogP contribution in [-0.2, 0) is 14.0 Å². The molecule has 0 aromatic rings. The molecule has 1 N–H and O–H groups in total. The van der Waals surface area contributed by atoms with Gasteiger partial charge in [0.25, 0.3) is 0 Å². The van der Waals surface area contributed by atoms with Crippen LogP contribution >= 0.6 is 0 Å². The minimum Gasteiger partial charge on any atom is -0.513 e. The Morgan fingerprint density at radius 3 is 1.71 bits per heavy atom. The van der Waals surface area contributed by atoms with E-state index < -0.39 is 28.4 Å². The molecule has 0 aliphatic carbocycles.